The maximum atomic E-state index is 13.3. The summed E-state index contributed by atoms with van der Waals surface area (Å²) < 4.78 is 31.5. The van der Waals surface area contributed by atoms with Crippen LogP contribution in [0.2, 0.25) is 0 Å². The van der Waals surface area contributed by atoms with Crippen LogP contribution in [0.3, 0.4) is 0 Å². The first-order chi connectivity index (χ1) is 21.4. The lowest BCUT2D eigenvalue weighted by Crippen LogP contribution is -2.47. The molecule has 1 aliphatic rings. The first-order valence-electron chi connectivity index (χ1n) is 13.3. The van der Waals surface area contributed by atoms with Crippen LogP contribution >= 0.6 is 34.8 Å². The van der Waals surface area contributed by atoms with Crippen molar-refractivity contribution in [2.75, 3.05) is 6.61 Å². The third kappa shape index (κ3) is 9.18. The lowest BCUT2D eigenvalue weighted by Gasteiger charge is -2.28. The van der Waals surface area contributed by atoms with Crippen LogP contribution in [0.15, 0.2) is 91.0 Å². The van der Waals surface area contributed by atoms with Crippen LogP contribution in [0.4, 0.5) is 0 Å². The van der Waals surface area contributed by atoms with Crippen molar-refractivity contribution in [3.05, 3.63) is 108 Å². The quantitative estimate of drug-likeness (QED) is 0.0983. The van der Waals surface area contributed by atoms with E-state index in [0.29, 0.717) is 0 Å². The Hall–Kier alpha value is -4.16. The second kappa shape index (κ2) is 15.2. The molecule has 14 heteroatoms. The number of hydrogen-bond donors (Lipinski definition) is 1. The largest absolute Gasteiger partial charge is 0.462 e. The van der Waals surface area contributed by atoms with Gasteiger partial charge in [-0.15, -0.1) is 0 Å². The van der Waals surface area contributed by atoms with Crippen LogP contribution in [0, 0.1) is 5.41 Å². The molecule has 0 saturated carbocycles. The number of esters is 4. The standard InChI is InChI=1S/C31H26Cl3NO10/c1-18(36)40-17-22(41-26(37)19-11-5-2-6-12-19)23-24(42-27(38)20-13-7-3-8-14-20)25(29(44-23)45-30(35)31(32,33)34)43-28(39)21-15-9-4-10-16-21/h2-16,22-25,29,35H,17H2,1H3/t22-,23+,24+,25-,29+/m1/s1. The van der Waals surface area contributed by atoms with E-state index in [9.17, 15) is 19.2 Å². The van der Waals surface area contributed by atoms with Gasteiger partial charge in [-0.05, 0) is 36.4 Å². The number of hydrogen-bond acceptors (Lipinski definition) is 11. The molecule has 4 rings (SSSR count). The zero-order valence-electron chi connectivity index (χ0n) is 23.5. The Labute approximate surface area is 272 Å². The fourth-order valence-electron chi connectivity index (χ4n) is 4.19. The number of rotatable bonds is 10. The van der Waals surface area contributed by atoms with Gasteiger partial charge in [-0.1, -0.05) is 89.4 Å². The topological polar surface area (TPSA) is 148 Å². The van der Waals surface area contributed by atoms with Gasteiger partial charge in [0.15, 0.2) is 12.2 Å². The van der Waals surface area contributed by atoms with Gasteiger partial charge in [0.2, 0.25) is 18.3 Å². The van der Waals surface area contributed by atoms with Gasteiger partial charge < -0.3 is 28.4 Å². The van der Waals surface area contributed by atoms with Crippen molar-refractivity contribution in [2.24, 2.45) is 0 Å². The van der Waals surface area contributed by atoms with Crippen LogP contribution < -0.4 is 0 Å². The number of alkyl halides is 3. The molecule has 0 aliphatic carbocycles. The normalized spacial score (nSPS) is 19.9. The summed E-state index contributed by atoms with van der Waals surface area (Å²) in [7, 11) is 0. The molecule has 11 nitrogen and oxygen atoms in total. The van der Waals surface area contributed by atoms with Gasteiger partial charge in [-0.2, -0.15) is 0 Å². The van der Waals surface area contributed by atoms with Gasteiger partial charge >= 0.3 is 23.9 Å². The van der Waals surface area contributed by atoms with Gasteiger partial charge in [-0.25, -0.2) is 14.4 Å². The Morgan fingerprint density at radius 3 is 1.62 bits per heavy atom. The van der Waals surface area contributed by atoms with Gasteiger partial charge in [0.05, 0.1) is 16.7 Å². The Balaban J connectivity index is 1.75. The SMILES string of the molecule is CC(=O)OC[C@@H](OC(=O)c1ccccc1)[C@@H]1O[C@@H](OC(=N)C(Cl)(Cl)Cl)[C@H](OC(=O)c2ccccc2)[C@H]1OC(=O)c1ccccc1. The summed E-state index contributed by atoms with van der Waals surface area (Å²) in [5, 5.41) is 8.12. The monoisotopic (exact) mass is 677 g/mol. The molecule has 236 valence electrons. The summed E-state index contributed by atoms with van der Waals surface area (Å²) in [6, 6.07) is 23.6. The third-order valence-corrected chi connectivity index (χ3v) is 6.80. The van der Waals surface area contributed by atoms with Crippen molar-refractivity contribution in [3.8, 4) is 0 Å². The van der Waals surface area contributed by atoms with Crippen LogP contribution in [-0.4, -0.2) is 70.9 Å². The van der Waals surface area contributed by atoms with E-state index >= 15 is 0 Å². The highest BCUT2D eigenvalue weighted by atomic mass is 35.6. The van der Waals surface area contributed by atoms with Crippen molar-refractivity contribution < 1.29 is 47.6 Å². The van der Waals surface area contributed by atoms with Crippen LogP contribution in [0.5, 0.6) is 0 Å². The van der Waals surface area contributed by atoms with Gasteiger partial charge in [-0.3, -0.25) is 10.2 Å². The van der Waals surface area contributed by atoms with E-state index < -0.39 is 70.9 Å². The smallest absolute Gasteiger partial charge is 0.338 e. The maximum absolute atomic E-state index is 13.3. The molecule has 0 amide bonds. The van der Waals surface area contributed by atoms with E-state index in [4.69, 9.17) is 68.6 Å². The first-order valence-corrected chi connectivity index (χ1v) is 14.5. The van der Waals surface area contributed by atoms with Gasteiger partial charge in [0, 0.05) is 6.92 Å². The molecular formula is C31H26Cl3NO10. The number of halogens is 3. The fourth-order valence-corrected chi connectivity index (χ4v) is 4.33. The highest BCUT2D eigenvalue weighted by Crippen LogP contribution is 2.35. The lowest BCUT2D eigenvalue weighted by molar-refractivity contribution is -0.160. The van der Waals surface area contributed by atoms with Crippen LogP contribution in [0.1, 0.15) is 38.0 Å². The predicted molar refractivity (Wildman–Crippen MR) is 161 cm³/mol. The molecular weight excluding hydrogens is 653 g/mol. The lowest BCUT2D eigenvalue weighted by atomic mass is 10.0. The molecule has 1 N–H and O–H groups in total. The second-order valence-corrected chi connectivity index (χ2v) is 11.8. The Kier molecular flexibility index (Phi) is 11.4. The molecule has 1 heterocycles. The predicted octanol–water partition coefficient (Wildman–Crippen LogP) is 5.32. The van der Waals surface area contributed by atoms with E-state index in [1.807, 2.05) is 0 Å². The number of nitrogens with one attached hydrogen (secondary N) is 1. The fraction of sp³-hybridized carbons (Fsp3) is 0.258. The molecule has 0 unspecified atom stereocenters. The summed E-state index contributed by atoms with van der Waals surface area (Å²) >= 11 is 17.5. The number of carbonyl (C=O) groups excluding carboxylic acids is 4. The van der Waals surface area contributed by atoms with Crippen LogP contribution in [-0.2, 0) is 33.2 Å². The maximum Gasteiger partial charge on any atom is 0.338 e. The summed E-state index contributed by atoms with van der Waals surface area (Å²) in [6.07, 6.45) is -7.86. The highest BCUT2D eigenvalue weighted by Gasteiger charge is 2.56. The molecule has 45 heavy (non-hydrogen) atoms. The molecule has 3 aromatic carbocycles. The van der Waals surface area contributed by atoms with E-state index in [2.05, 4.69) is 0 Å². The molecule has 1 saturated heterocycles. The zero-order chi connectivity index (χ0) is 32.6. The summed E-state index contributed by atoms with van der Waals surface area (Å²) in [6.45, 7) is 0.573. The van der Waals surface area contributed by atoms with Crippen molar-refractivity contribution in [2.45, 2.75) is 41.4 Å². The van der Waals surface area contributed by atoms with E-state index in [0.717, 1.165) is 6.92 Å². The summed E-state index contributed by atoms with van der Waals surface area (Å²) in [5.41, 5.74) is 0.399. The van der Waals surface area contributed by atoms with Crippen LogP contribution in [0.25, 0.3) is 0 Å². The third-order valence-electron chi connectivity index (χ3n) is 6.29. The number of ether oxygens (including phenoxy) is 6. The van der Waals surface area contributed by atoms with E-state index in [1.165, 1.54) is 36.4 Å². The average molecular weight is 679 g/mol. The van der Waals surface area contributed by atoms with Gasteiger partial charge in [0.1, 0.15) is 12.7 Å². The average Bonchev–Trinajstić information content (AvgIpc) is 3.35. The Bertz CT molecular complexity index is 1500. The minimum atomic E-state index is -2.36. The minimum Gasteiger partial charge on any atom is -0.462 e. The summed E-state index contributed by atoms with van der Waals surface area (Å²) in [5.74, 6) is -4.21. The molecule has 0 aromatic heterocycles. The molecule has 0 bridgehead atoms. The zero-order valence-corrected chi connectivity index (χ0v) is 25.7. The molecule has 5 atom stereocenters. The summed E-state index contributed by atoms with van der Waals surface area (Å²) in [4.78, 5) is 51.4. The minimum absolute atomic E-state index is 0.122. The van der Waals surface area contributed by atoms with Gasteiger partial charge in [0.25, 0.3) is 3.79 Å². The Morgan fingerprint density at radius 1 is 0.733 bits per heavy atom. The molecule has 0 radical (unpaired) electrons. The van der Waals surface area contributed by atoms with Crippen molar-refractivity contribution in [3.63, 3.8) is 0 Å². The Morgan fingerprint density at radius 2 is 1.18 bits per heavy atom. The number of benzene rings is 3. The molecule has 1 aliphatic heterocycles. The number of carbonyl (C=O) groups is 4. The second-order valence-electron chi connectivity index (χ2n) is 9.50. The van der Waals surface area contributed by atoms with Crippen molar-refractivity contribution in [1.29, 1.82) is 5.41 Å². The van der Waals surface area contributed by atoms with Crippen molar-refractivity contribution >= 4 is 64.6 Å². The van der Waals surface area contributed by atoms with E-state index in [-0.39, 0.29) is 16.7 Å². The molecule has 1 fully saturated rings. The molecule has 3 aromatic rings. The van der Waals surface area contributed by atoms with Crippen molar-refractivity contribution in [1.82, 2.24) is 0 Å². The van der Waals surface area contributed by atoms with E-state index in [1.54, 1.807) is 54.6 Å². The first kappa shape index (κ1) is 33.7. The molecule has 0 spiro atoms. The highest BCUT2D eigenvalue weighted by molar-refractivity contribution is 6.76.